The lowest BCUT2D eigenvalue weighted by molar-refractivity contribution is 0.0988. The van der Waals surface area contributed by atoms with Crippen molar-refractivity contribution in [2.24, 2.45) is 0 Å². The van der Waals surface area contributed by atoms with Gasteiger partial charge in [-0.3, -0.25) is 4.79 Å². The first-order chi connectivity index (χ1) is 7.58. The van der Waals surface area contributed by atoms with Crippen LogP contribution in [-0.2, 0) is 0 Å². The van der Waals surface area contributed by atoms with Crippen LogP contribution < -0.4 is 0 Å². The molecule has 0 spiro atoms. The SMILES string of the molecule is CC(=O)c1ccc(-c2cc(Br)ccc2Br)o1. The number of Topliss-reactive ketones (excluding diaryl/α,β-unsaturated/α-hetero) is 1. The minimum absolute atomic E-state index is 0.0719. The highest BCUT2D eigenvalue weighted by Crippen LogP contribution is 2.32. The van der Waals surface area contributed by atoms with E-state index in [0.717, 1.165) is 14.5 Å². The van der Waals surface area contributed by atoms with Gasteiger partial charge in [-0.15, -0.1) is 0 Å². The molecule has 1 aromatic heterocycles. The Bertz CT molecular complexity index is 544. The lowest BCUT2D eigenvalue weighted by atomic mass is 10.2. The van der Waals surface area contributed by atoms with Gasteiger partial charge in [-0.25, -0.2) is 0 Å². The summed E-state index contributed by atoms with van der Waals surface area (Å²) < 4.78 is 7.36. The number of benzene rings is 1. The summed E-state index contributed by atoms with van der Waals surface area (Å²) in [4.78, 5) is 11.1. The maximum Gasteiger partial charge on any atom is 0.194 e. The van der Waals surface area contributed by atoms with Crippen LogP contribution in [0.1, 0.15) is 17.5 Å². The van der Waals surface area contributed by atoms with Gasteiger partial charge in [0, 0.05) is 21.4 Å². The summed E-state index contributed by atoms with van der Waals surface area (Å²) in [6.07, 6.45) is 0. The van der Waals surface area contributed by atoms with E-state index in [4.69, 9.17) is 4.42 Å². The van der Waals surface area contributed by atoms with Crippen LogP contribution in [0.2, 0.25) is 0 Å². The fourth-order valence-corrected chi connectivity index (χ4v) is 2.16. The molecule has 82 valence electrons. The molecule has 1 aromatic carbocycles. The number of rotatable bonds is 2. The van der Waals surface area contributed by atoms with E-state index in [1.165, 1.54) is 6.92 Å². The van der Waals surface area contributed by atoms with E-state index in [-0.39, 0.29) is 5.78 Å². The quantitative estimate of drug-likeness (QED) is 0.741. The smallest absolute Gasteiger partial charge is 0.194 e. The highest BCUT2D eigenvalue weighted by molar-refractivity contribution is 9.11. The third-order valence-corrected chi connectivity index (χ3v) is 3.33. The molecule has 0 amide bonds. The predicted octanol–water partition coefficient (Wildman–Crippen LogP) is 4.67. The first-order valence-electron chi connectivity index (χ1n) is 4.64. The molecule has 2 rings (SSSR count). The summed E-state index contributed by atoms with van der Waals surface area (Å²) in [6.45, 7) is 1.48. The molecule has 0 saturated carbocycles. The minimum atomic E-state index is -0.0719. The number of furan rings is 1. The van der Waals surface area contributed by atoms with Gasteiger partial charge in [0.15, 0.2) is 11.5 Å². The molecule has 4 heteroatoms. The second kappa shape index (κ2) is 4.55. The molecule has 0 saturated heterocycles. The highest BCUT2D eigenvalue weighted by Gasteiger charge is 2.10. The van der Waals surface area contributed by atoms with Crippen LogP contribution in [0.3, 0.4) is 0 Å². The molecule has 2 nitrogen and oxygen atoms in total. The van der Waals surface area contributed by atoms with Crippen molar-refractivity contribution in [2.45, 2.75) is 6.92 Å². The molecule has 16 heavy (non-hydrogen) atoms. The van der Waals surface area contributed by atoms with Crippen molar-refractivity contribution in [3.05, 3.63) is 45.0 Å². The average molecular weight is 344 g/mol. The summed E-state index contributed by atoms with van der Waals surface area (Å²) >= 11 is 6.85. The Morgan fingerprint density at radius 3 is 2.56 bits per heavy atom. The van der Waals surface area contributed by atoms with Gasteiger partial charge in [-0.05, 0) is 30.3 Å². The Labute approximate surface area is 110 Å². The van der Waals surface area contributed by atoms with Crippen LogP contribution in [0.25, 0.3) is 11.3 Å². The van der Waals surface area contributed by atoms with Crippen molar-refractivity contribution in [1.29, 1.82) is 0 Å². The summed E-state index contributed by atoms with van der Waals surface area (Å²) in [7, 11) is 0. The van der Waals surface area contributed by atoms with Crippen LogP contribution in [0, 0.1) is 0 Å². The molecule has 0 bridgehead atoms. The summed E-state index contributed by atoms with van der Waals surface area (Å²) in [5.41, 5.74) is 0.918. The Balaban J connectivity index is 2.50. The molecule has 0 aliphatic carbocycles. The number of hydrogen-bond donors (Lipinski definition) is 0. The molecule has 0 aliphatic rings. The van der Waals surface area contributed by atoms with Crippen molar-refractivity contribution in [1.82, 2.24) is 0 Å². The standard InChI is InChI=1S/C12H8Br2O2/c1-7(15)11-4-5-12(16-11)9-6-8(13)2-3-10(9)14/h2-6H,1H3. The minimum Gasteiger partial charge on any atom is -0.453 e. The Morgan fingerprint density at radius 2 is 1.94 bits per heavy atom. The molecule has 2 aromatic rings. The van der Waals surface area contributed by atoms with E-state index < -0.39 is 0 Å². The molecular formula is C12H8Br2O2. The van der Waals surface area contributed by atoms with Crippen LogP contribution in [0.4, 0.5) is 0 Å². The van der Waals surface area contributed by atoms with Crippen LogP contribution in [-0.4, -0.2) is 5.78 Å². The zero-order valence-electron chi connectivity index (χ0n) is 8.46. The van der Waals surface area contributed by atoms with Crippen molar-refractivity contribution >= 4 is 37.6 Å². The summed E-state index contributed by atoms with van der Waals surface area (Å²) in [5.74, 6) is 0.984. The first-order valence-corrected chi connectivity index (χ1v) is 6.23. The fourth-order valence-electron chi connectivity index (χ4n) is 1.36. The van der Waals surface area contributed by atoms with Crippen molar-refractivity contribution in [3.63, 3.8) is 0 Å². The molecule has 0 fully saturated rings. The molecule has 0 atom stereocenters. The Kier molecular flexibility index (Phi) is 3.30. The van der Waals surface area contributed by atoms with E-state index in [0.29, 0.717) is 11.5 Å². The van der Waals surface area contributed by atoms with Gasteiger partial charge in [0.05, 0.1) is 0 Å². The first kappa shape index (κ1) is 11.6. The third kappa shape index (κ3) is 2.28. The van der Waals surface area contributed by atoms with Gasteiger partial charge in [0.2, 0.25) is 0 Å². The largest absolute Gasteiger partial charge is 0.453 e. The second-order valence-corrected chi connectivity index (χ2v) is 5.11. The number of halogens is 2. The topological polar surface area (TPSA) is 30.2 Å². The van der Waals surface area contributed by atoms with Crippen molar-refractivity contribution < 1.29 is 9.21 Å². The number of carbonyl (C=O) groups is 1. The normalized spacial score (nSPS) is 10.4. The van der Waals surface area contributed by atoms with E-state index in [2.05, 4.69) is 31.9 Å². The Morgan fingerprint density at radius 1 is 1.19 bits per heavy atom. The van der Waals surface area contributed by atoms with E-state index in [1.807, 2.05) is 18.2 Å². The molecule has 0 aliphatic heterocycles. The second-order valence-electron chi connectivity index (χ2n) is 3.34. The van der Waals surface area contributed by atoms with Crippen LogP contribution >= 0.6 is 31.9 Å². The molecule has 0 N–H and O–H groups in total. The van der Waals surface area contributed by atoms with E-state index >= 15 is 0 Å². The number of hydrogen-bond acceptors (Lipinski definition) is 2. The fraction of sp³-hybridized carbons (Fsp3) is 0.0833. The highest BCUT2D eigenvalue weighted by atomic mass is 79.9. The number of ketones is 1. The maximum absolute atomic E-state index is 11.1. The lowest BCUT2D eigenvalue weighted by Gasteiger charge is -2.01. The van der Waals surface area contributed by atoms with Gasteiger partial charge in [-0.2, -0.15) is 0 Å². The number of carbonyl (C=O) groups excluding carboxylic acids is 1. The summed E-state index contributed by atoms with van der Waals surface area (Å²) in [6, 6.07) is 9.28. The van der Waals surface area contributed by atoms with Gasteiger partial charge in [-0.1, -0.05) is 31.9 Å². The van der Waals surface area contributed by atoms with Gasteiger partial charge in [0.1, 0.15) is 5.76 Å². The van der Waals surface area contributed by atoms with E-state index in [1.54, 1.807) is 12.1 Å². The maximum atomic E-state index is 11.1. The van der Waals surface area contributed by atoms with Gasteiger partial charge < -0.3 is 4.42 Å². The molecular weight excluding hydrogens is 336 g/mol. The van der Waals surface area contributed by atoms with Gasteiger partial charge >= 0.3 is 0 Å². The van der Waals surface area contributed by atoms with Crippen molar-refractivity contribution in [2.75, 3.05) is 0 Å². The third-order valence-electron chi connectivity index (χ3n) is 2.15. The van der Waals surface area contributed by atoms with Crippen LogP contribution in [0.15, 0.2) is 43.7 Å². The predicted molar refractivity (Wildman–Crippen MR) is 69.5 cm³/mol. The van der Waals surface area contributed by atoms with Crippen LogP contribution in [0.5, 0.6) is 0 Å². The zero-order valence-corrected chi connectivity index (χ0v) is 11.6. The Hall–Kier alpha value is -0.870. The van der Waals surface area contributed by atoms with Gasteiger partial charge in [0.25, 0.3) is 0 Å². The van der Waals surface area contributed by atoms with Crippen molar-refractivity contribution in [3.8, 4) is 11.3 Å². The van der Waals surface area contributed by atoms with E-state index in [9.17, 15) is 4.79 Å². The molecule has 0 radical (unpaired) electrons. The average Bonchev–Trinajstić information content (AvgIpc) is 2.70. The molecule has 0 unspecified atom stereocenters. The lowest BCUT2D eigenvalue weighted by Crippen LogP contribution is -1.86. The summed E-state index contributed by atoms with van der Waals surface area (Å²) in [5, 5.41) is 0. The zero-order chi connectivity index (χ0) is 11.7. The monoisotopic (exact) mass is 342 g/mol. The molecule has 1 heterocycles.